The molecule has 1 aliphatic heterocycles. The van der Waals surface area contributed by atoms with Gasteiger partial charge in [-0.05, 0) is 36.1 Å². The van der Waals surface area contributed by atoms with Crippen LogP contribution in [0.2, 0.25) is 0 Å². The van der Waals surface area contributed by atoms with E-state index in [-0.39, 0.29) is 42.8 Å². The second-order valence-corrected chi connectivity index (χ2v) is 9.74. The van der Waals surface area contributed by atoms with E-state index in [1.807, 2.05) is 49.4 Å². The fraction of sp³-hybridized carbons (Fsp3) is 0.429. The van der Waals surface area contributed by atoms with E-state index in [0.29, 0.717) is 0 Å². The van der Waals surface area contributed by atoms with Crippen LogP contribution < -0.4 is 10.6 Å². The van der Waals surface area contributed by atoms with Crippen molar-refractivity contribution in [3.8, 4) is 0 Å². The van der Waals surface area contributed by atoms with Crippen molar-refractivity contribution in [1.82, 2.24) is 10.6 Å². The van der Waals surface area contributed by atoms with Crippen molar-refractivity contribution in [2.45, 2.75) is 31.3 Å². The van der Waals surface area contributed by atoms with E-state index in [1.165, 1.54) is 7.11 Å². The van der Waals surface area contributed by atoms with Crippen LogP contribution in [-0.2, 0) is 24.2 Å². The van der Waals surface area contributed by atoms with Crippen LogP contribution in [0.5, 0.6) is 0 Å². The van der Waals surface area contributed by atoms with Gasteiger partial charge in [-0.2, -0.15) is 0 Å². The van der Waals surface area contributed by atoms with E-state index in [9.17, 15) is 18.0 Å². The van der Waals surface area contributed by atoms with Gasteiger partial charge in [0, 0.05) is 0 Å². The summed E-state index contributed by atoms with van der Waals surface area (Å²) in [5.74, 6) is -1.03. The van der Waals surface area contributed by atoms with Gasteiger partial charge in [0.2, 0.25) is 5.91 Å². The average molecular weight is 419 g/mol. The molecule has 0 bridgehead atoms. The molecule has 1 aliphatic rings. The molecule has 0 radical (unpaired) electrons. The molecule has 3 rings (SSSR count). The Morgan fingerprint density at radius 3 is 2.45 bits per heavy atom. The first-order valence-electron chi connectivity index (χ1n) is 9.57. The molecule has 2 aromatic rings. The lowest BCUT2D eigenvalue weighted by Crippen LogP contribution is -2.59. The molecule has 0 saturated carbocycles. The van der Waals surface area contributed by atoms with Gasteiger partial charge in [-0.1, -0.05) is 42.5 Å². The molecule has 1 saturated heterocycles. The first-order chi connectivity index (χ1) is 13.8. The molecule has 156 valence electrons. The average Bonchev–Trinajstić information content (AvgIpc) is 2.72. The monoisotopic (exact) mass is 418 g/mol. The molecule has 1 amide bonds. The molecule has 0 aliphatic carbocycles. The maximum atomic E-state index is 12.5. The Morgan fingerprint density at radius 1 is 1.10 bits per heavy atom. The second kappa shape index (κ2) is 8.51. The number of carbonyl (C=O) groups excluding carboxylic acids is 2. The van der Waals surface area contributed by atoms with Gasteiger partial charge in [-0.15, -0.1) is 0 Å². The molecule has 0 spiro atoms. The summed E-state index contributed by atoms with van der Waals surface area (Å²) < 4.78 is 28.3. The largest absolute Gasteiger partial charge is 0.468 e. The third-order valence-corrected chi connectivity index (χ3v) is 7.16. The number of benzene rings is 2. The van der Waals surface area contributed by atoms with Crippen LogP contribution in [0, 0.1) is 0 Å². The number of rotatable bonds is 6. The molecular formula is C21H26N2O5S. The van der Waals surface area contributed by atoms with Crippen LogP contribution in [0.25, 0.3) is 10.8 Å². The molecule has 1 unspecified atom stereocenters. The molecule has 2 aromatic carbocycles. The van der Waals surface area contributed by atoms with Gasteiger partial charge in [0.05, 0.1) is 31.2 Å². The number of hydrogen-bond donors (Lipinski definition) is 2. The van der Waals surface area contributed by atoms with Crippen molar-refractivity contribution in [1.29, 1.82) is 0 Å². The number of methoxy groups -OCH3 is 1. The highest BCUT2D eigenvalue weighted by atomic mass is 32.2. The van der Waals surface area contributed by atoms with E-state index < -0.39 is 21.3 Å². The van der Waals surface area contributed by atoms with Crippen LogP contribution in [0.1, 0.15) is 31.4 Å². The second-order valence-electron chi connectivity index (χ2n) is 7.44. The highest BCUT2D eigenvalue weighted by molar-refractivity contribution is 7.91. The predicted octanol–water partition coefficient (Wildman–Crippen LogP) is 1.73. The number of amides is 1. The standard InChI is InChI=1S/C21H26N2O5S/c1-15(17-9-5-7-16-6-3-4-8-18(16)17)23-19(24)14-22-21(20(25)28-2)10-12-29(26,27)13-11-21/h3-9,15,22H,10-14H2,1-2H3,(H,23,24). The Labute approximate surface area is 170 Å². The summed E-state index contributed by atoms with van der Waals surface area (Å²) in [7, 11) is -1.90. The van der Waals surface area contributed by atoms with E-state index in [2.05, 4.69) is 10.6 Å². The van der Waals surface area contributed by atoms with Crippen molar-refractivity contribution in [2.75, 3.05) is 25.2 Å². The minimum atomic E-state index is -3.16. The summed E-state index contributed by atoms with van der Waals surface area (Å²) >= 11 is 0. The third-order valence-electron chi connectivity index (χ3n) is 5.51. The lowest BCUT2D eigenvalue weighted by Gasteiger charge is -2.35. The van der Waals surface area contributed by atoms with E-state index in [4.69, 9.17) is 4.74 Å². The van der Waals surface area contributed by atoms with Crippen LogP contribution in [-0.4, -0.2) is 51.0 Å². The fourth-order valence-corrected chi connectivity index (χ4v) is 5.31. The lowest BCUT2D eigenvalue weighted by atomic mass is 9.92. The molecule has 1 fully saturated rings. The summed E-state index contributed by atoms with van der Waals surface area (Å²) in [5, 5.41) is 8.08. The number of hydrogen-bond acceptors (Lipinski definition) is 6. The smallest absolute Gasteiger partial charge is 0.326 e. The van der Waals surface area contributed by atoms with E-state index in [0.717, 1.165) is 16.3 Å². The van der Waals surface area contributed by atoms with Crippen LogP contribution >= 0.6 is 0 Å². The van der Waals surface area contributed by atoms with Crippen molar-refractivity contribution >= 4 is 32.5 Å². The number of esters is 1. The summed E-state index contributed by atoms with van der Waals surface area (Å²) in [6, 6.07) is 13.7. The molecule has 8 heteroatoms. The Morgan fingerprint density at radius 2 is 1.76 bits per heavy atom. The van der Waals surface area contributed by atoms with Crippen molar-refractivity contribution in [2.24, 2.45) is 0 Å². The SMILES string of the molecule is COC(=O)C1(NCC(=O)NC(C)c2cccc3ccccc23)CCS(=O)(=O)CC1. The van der Waals surface area contributed by atoms with Gasteiger partial charge in [0.1, 0.15) is 15.4 Å². The third kappa shape index (κ3) is 4.76. The minimum Gasteiger partial charge on any atom is -0.468 e. The Bertz CT molecular complexity index is 999. The number of carbonyl (C=O) groups is 2. The summed E-state index contributed by atoms with van der Waals surface area (Å²) in [6.45, 7) is 1.80. The van der Waals surface area contributed by atoms with Crippen molar-refractivity contribution in [3.05, 3.63) is 48.0 Å². The highest BCUT2D eigenvalue weighted by Gasteiger charge is 2.44. The summed E-state index contributed by atoms with van der Waals surface area (Å²) in [5.41, 5.74) is -0.150. The topological polar surface area (TPSA) is 102 Å². The van der Waals surface area contributed by atoms with Gasteiger partial charge >= 0.3 is 5.97 Å². The van der Waals surface area contributed by atoms with Gasteiger partial charge in [0.25, 0.3) is 0 Å². The van der Waals surface area contributed by atoms with Crippen LogP contribution in [0.3, 0.4) is 0 Å². The van der Waals surface area contributed by atoms with Crippen molar-refractivity contribution in [3.63, 3.8) is 0 Å². The van der Waals surface area contributed by atoms with Gasteiger partial charge < -0.3 is 10.1 Å². The predicted molar refractivity (Wildman–Crippen MR) is 111 cm³/mol. The zero-order valence-corrected chi connectivity index (χ0v) is 17.4. The van der Waals surface area contributed by atoms with Gasteiger partial charge in [0.15, 0.2) is 0 Å². The van der Waals surface area contributed by atoms with E-state index in [1.54, 1.807) is 0 Å². The molecule has 1 atom stereocenters. The van der Waals surface area contributed by atoms with Crippen LogP contribution in [0.15, 0.2) is 42.5 Å². The van der Waals surface area contributed by atoms with Crippen LogP contribution in [0.4, 0.5) is 0 Å². The highest BCUT2D eigenvalue weighted by Crippen LogP contribution is 2.26. The van der Waals surface area contributed by atoms with Crippen molar-refractivity contribution < 1.29 is 22.7 Å². The first-order valence-corrected chi connectivity index (χ1v) is 11.4. The Kier molecular flexibility index (Phi) is 6.24. The zero-order chi connectivity index (χ0) is 21.1. The number of sulfone groups is 1. The fourth-order valence-electron chi connectivity index (χ4n) is 3.78. The first kappa shape index (κ1) is 21.3. The summed E-state index contributed by atoms with van der Waals surface area (Å²) in [6.07, 6.45) is 0.183. The molecular weight excluding hydrogens is 392 g/mol. The molecule has 2 N–H and O–H groups in total. The quantitative estimate of drug-likeness (QED) is 0.693. The maximum Gasteiger partial charge on any atom is 0.326 e. The summed E-state index contributed by atoms with van der Waals surface area (Å²) in [4.78, 5) is 24.8. The molecule has 0 aromatic heterocycles. The van der Waals surface area contributed by atoms with E-state index >= 15 is 0 Å². The number of nitrogens with one attached hydrogen (secondary N) is 2. The number of fused-ring (bicyclic) bond motifs is 1. The minimum absolute atomic E-state index is 0.0914. The molecule has 7 nitrogen and oxygen atoms in total. The van der Waals surface area contributed by atoms with Gasteiger partial charge in [-0.25, -0.2) is 8.42 Å². The Hall–Kier alpha value is -2.45. The Balaban J connectivity index is 1.67. The number of ether oxygens (including phenoxy) is 1. The molecule has 29 heavy (non-hydrogen) atoms. The molecule has 1 heterocycles. The normalized spacial score (nSPS) is 18.7. The maximum absolute atomic E-state index is 12.5. The lowest BCUT2D eigenvalue weighted by molar-refractivity contribution is -0.149. The van der Waals surface area contributed by atoms with Gasteiger partial charge in [-0.3, -0.25) is 14.9 Å². The zero-order valence-electron chi connectivity index (χ0n) is 16.6.